The van der Waals surface area contributed by atoms with E-state index in [9.17, 15) is 14.0 Å². The molecule has 1 N–H and O–H groups in total. The van der Waals surface area contributed by atoms with Crippen LogP contribution in [0.3, 0.4) is 0 Å². The second-order valence-electron chi connectivity index (χ2n) is 5.90. The third kappa shape index (κ3) is 3.33. The van der Waals surface area contributed by atoms with Crippen molar-refractivity contribution < 1.29 is 18.8 Å². The van der Waals surface area contributed by atoms with Crippen molar-refractivity contribution in [2.75, 3.05) is 19.6 Å². The molecule has 122 valence electrons. The largest absolute Gasteiger partial charge is 0.390 e. The summed E-state index contributed by atoms with van der Waals surface area (Å²) in [5.74, 6) is -0.350. The topological polar surface area (TPSA) is 71.0 Å². The fourth-order valence-electron chi connectivity index (χ4n) is 2.80. The van der Waals surface area contributed by atoms with Crippen molar-refractivity contribution in [1.82, 2.24) is 10.2 Å². The Morgan fingerprint density at radius 3 is 2.96 bits per heavy atom. The molecule has 0 bridgehead atoms. The summed E-state index contributed by atoms with van der Waals surface area (Å²) in [4.78, 5) is 28.3. The molecule has 0 spiro atoms. The fourth-order valence-corrected chi connectivity index (χ4v) is 2.80. The van der Waals surface area contributed by atoms with Crippen molar-refractivity contribution >= 4 is 18.0 Å². The van der Waals surface area contributed by atoms with E-state index in [2.05, 4.69) is 10.5 Å². The second kappa shape index (κ2) is 6.36. The molecule has 1 aromatic carbocycles. The van der Waals surface area contributed by atoms with Gasteiger partial charge < -0.3 is 15.1 Å². The molecule has 0 aliphatic carbocycles. The SMILES string of the molecule is CC(=O)NCC1CC(c2ccc(C3CN(C=O)C3)c(F)c2)=NO1. The van der Waals surface area contributed by atoms with E-state index in [1.807, 2.05) is 6.07 Å². The lowest BCUT2D eigenvalue weighted by Crippen LogP contribution is -2.44. The Kier molecular flexibility index (Phi) is 4.27. The van der Waals surface area contributed by atoms with Crippen LogP contribution < -0.4 is 5.32 Å². The summed E-state index contributed by atoms with van der Waals surface area (Å²) in [6.07, 6.45) is 1.09. The highest BCUT2D eigenvalue weighted by Crippen LogP contribution is 2.29. The number of benzene rings is 1. The molecule has 7 heteroatoms. The molecule has 1 atom stereocenters. The maximum Gasteiger partial charge on any atom is 0.217 e. The predicted molar refractivity (Wildman–Crippen MR) is 81.5 cm³/mol. The van der Waals surface area contributed by atoms with Gasteiger partial charge in [0.05, 0.1) is 12.3 Å². The lowest BCUT2D eigenvalue weighted by atomic mass is 9.90. The summed E-state index contributed by atoms with van der Waals surface area (Å²) in [7, 11) is 0. The normalized spacial score (nSPS) is 20.5. The summed E-state index contributed by atoms with van der Waals surface area (Å²) in [6, 6.07) is 5.04. The van der Waals surface area contributed by atoms with Crippen LogP contribution in [0.15, 0.2) is 23.4 Å². The van der Waals surface area contributed by atoms with Gasteiger partial charge in [0.25, 0.3) is 0 Å². The molecule has 3 rings (SSSR count). The molecule has 6 nitrogen and oxygen atoms in total. The van der Waals surface area contributed by atoms with E-state index in [1.165, 1.54) is 13.0 Å². The smallest absolute Gasteiger partial charge is 0.217 e. The molecule has 2 amide bonds. The highest BCUT2D eigenvalue weighted by molar-refractivity contribution is 6.01. The monoisotopic (exact) mass is 319 g/mol. The first-order valence-corrected chi connectivity index (χ1v) is 7.53. The minimum Gasteiger partial charge on any atom is -0.390 e. The average molecular weight is 319 g/mol. The van der Waals surface area contributed by atoms with Crippen molar-refractivity contribution in [3.05, 3.63) is 35.1 Å². The summed E-state index contributed by atoms with van der Waals surface area (Å²) < 4.78 is 14.3. The van der Waals surface area contributed by atoms with Gasteiger partial charge in [-0.2, -0.15) is 0 Å². The van der Waals surface area contributed by atoms with E-state index in [0.717, 1.165) is 6.41 Å². The molecule has 1 fully saturated rings. The molecular formula is C16H18FN3O3. The molecule has 1 aromatic rings. The zero-order chi connectivity index (χ0) is 16.4. The van der Waals surface area contributed by atoms with Crippen molar-refractivity contribution in [1.29, 1.82) is 0 Å². The highest BCUT2D eigenvalue weighted by Gasteiger charge is 2.30. The van der Waals surface area contributed by atoms with Gasteiger partial charge in [0.15, 0.2) is 0 Å². The lowest BCUT2D eigenvalue weighted by molar-refractivity contribution is -0.122. The number of hydrogen-bond donors (Lipinski definition) is 1. The molecule has 2 aliphatic heterocycles. The minimum atomic E-state index is -0.286. The van der Waals surface area contributed by atoms with Crippen LogP contribution in [0.2, 0.25) is 0 Å². The summed E-state index contributed by atoms with van der Waals surface area (Å²) in [6.45, 7) is 2.94. The Balaban J connectivity index is 1.62. The number of hydrogen-bond acceptors (Lipinski definition) is 4. The van der Waals surface area contributed by atoms with Crippen LogP contribution in [0.1, 0.15) is 30.4 Å². The van der Waals surface area contributed by atoms with Gasteiger partial charge in [0, 0.05) is 37.9 Å². The molecule has 1 unspecified atom stereocenters. The van der Waals surface area contributed by atoms with Gasteiger partial charge in [-0.25, -0.2) is 4.39 Å². The lowest BCUT2D eigenvalue weighted by Gasteiger charge is -2.36. The van der Waals surface area contributed by atoms with Gasteiger partial charge in [-0.05, 0) is 11.6 Å². The third-order valence-electron chi connectivity index (χ3n) is 4.14. The summed E-state index contributed by atoms with van der Waals surface area (Å²) >= 11 is 0. The maximum atomic E-state index is 14.3. The van der Waals surface area contributed by atoms with Crippen molar-refractivity contribution in [2.45, 2.75) is 25.4 Å². The Morgan fingerprint density at radius 1 is 1.52 bits per heavy atom. The molecule has 0 saturated carbocycles. The fraction of sp³-hybridized carbons (Fsp3) is 0.438. The number of carbonyl (C=O) groups is 2. The van der Waals surface area contributed by atoms with E-state index < -0.39 is 0 Å². The van der Waals surface area contributed by atoms with Crippen LogP contribution in [0.25, 0.3) is 0 Å². The Hall–Kier alpha value is -2.44. The van der Waals surface area contributed by atoms with E-state index >= 15 is 0 Å². The van der Waals surface area contributed by atoms with Crippen LogP contribution in [0, 0.1) is 5.82 Å². The predicted octanol–water partition coefficient (Wildman–Crippen LogP) is 1.01. The zero-order valence-corrected chi connectivity index (χ0v) is 12.8. The van der Waals surface area contributed by atoms with Gasteiger partial charge in [0.1, 0.15) is 11.9 Å². The average Bonchev–Trinajstić information content (AvgIpc) is 2.94. The number of carbonyl (C=O) groups excluding carboxylic acids is 2. The van der Waals surface area contributed by atoms with Crippen LogP contribution in [-0.4, -0.2) is 48.7 Å². The number of halogens is 1. The standard InChI is InChI=1S/C16H18FN3O3/c1-10(22)18-6-13-5-16(19-23-13)11-2-3-14(15(17)4-11)12-7-20(8-12)9-21/h2-4,9,12-13H,5-8H2,1H3,(H,18,22). The molecule has 2 aliphatic rings. The highest BCUT2D eigenvalue weighted by atomic mass is 19.1. The van der Waals surface area contributed by atoms with Gasteiger partial charge in [0.2, 0.25) is 12.3 Å². The molecule has 0 radical (unpaired) electrons. The van der Waals surface area contributed by atoms with Crippen LogP contribution >= 0.6 is 0 Å². The second-order valence-corrected chi connectivity index (χ2v) is 5.90. The first-order valence-electron chi connectivity index (χ1n) is 7.53. The quantitative estimate of drug-likeness (QED) is 0.824. The molecule has 23 heavy (non-hydrogen) atoms. The van der Waals surface area contributed by atoms with Crippen molar-refractivity contribution in [3.8, 4) is 0 Å². The molecular weight excluding hydrogens is 301 g/mol. The number of rotatable bonds is 5. The van der Waals surface area contributed by atoms with E-state index in [4.69, 9.17) is 4.84 Å². The van der Waals surface area contributed by atoms with Gasteiger partial charge in [-0.1, -0.05) is 17.3 Å². The number of nitrogens with zero attached hydrogens (tertiary/aromatic N) is 2. The Morgan fingerprint density at radius 2 is 2.30 bits per heavy atom. The first kappa shape index (κ1) is 15.5. The van der Waals surface area contributed by atoms with E-state index in [0.29, 0.717) is 42.9 Å². The number of nitrogens with one attached hydrogen (secondary N) is 1. The van der Waals surface area contributed by atoms with E-state index in [-0.39, 0.29) is 23.7 Å². The van der Waals surface area contributed by atoms with Crippen molar-refractivity contribution in [2.24, 2.45) is 5.16 Å². The van der Waals surface area contributed by atoms with Crippen LogP contribution in [-0.2, 0) is 14.4 Å². The molecule has 0 aromatic heterocycles. The Labute approximate surface area is 133 Å². The van der Waals surface area contributed by atoms with Crippen LogP contribution in [0.5, 0.6) is 0 Å². The van der Waals surface area contributed by atoms with Gasteiger partial charge in [-0.15, -0.1) is 0 Å². The van der Waals surface area contributed by atoms with Crippen molar-refractivity contribution in [3.63, 3.8) is 0 Å². The zero-order valence-electron chi connectivity index (χ0n) is 12.8. The van der Waals surface area contributed by atoms with Crippen LogP contribution in [0.4, 0.5) is 4.39 Å². The number of oxime groups is 1. The minimum absolute atomic E-state index is 0.0588. The summed E-state index contributed by atoms with van der Waals surface area (Å²) in [5, 5.41) is 6.66. The number of amides is 2. The maximum absolute atomic E-state index is 14.3. The van der Waals surface area contributed by atoms with Gasteiger partial charge >= 0.3 is 0 Å². The third-order valence-corrected chi connectivity index (χ3v) is 4.14. The number of likely N-dealkylation sites (tertiary alicyclic amines) is 1. The van der Waals surface area contributed by atoms with Gasteiger partial charge in [-0.3, -0.25) is 9.59 Å². The Bertz CT molecular complexity index is 656. The summed E-state index contributed by atoms with van der Waals surface area (Å²) in [5.41, 5.74) is 1.98. The van der Waals surface area contributed by atoms with E-state index in [1.54, 1.807) is 11.0 Å². The molecule has 2 heterocycles. The molecule has 1 saturated heterocycles. The first-order chi connectivity index (χ1) is 11.1.